The molecule has 3 aromatic heterocycles. The zero-order chi connectivity index (χ0) is 17.8. The van der Waals surface area contributed by atoms with Crippen molar-refractivity contribution in [3.63, 3.8) is 0 Å². The second-order valence-corrected chi connectivity index (χ2v) is 5.39. The van der Waals surface area contributed by atoms with Crippen LogP contribution in [0.15, 0.2) is 43.1 Å². The molecule has 0 aliphatic rings. The van der Waals surface area contributed by atoms with Gasteiger partial charge in [0, 0.05) is 24.5 Å². The van der Waals surface area contributed by atoms with Crippen molar-refractivity contribution in [2.24, 2.45) is 0 Å². The Morgan fingerprint density at radius 2 is 2.20 bits per heavy atom. The first-order valence-electron chi connectivity index (χ1n) is 7.53. The van der Waals surface area contributed by atoms with Crippen LogP contribution in [0.5, 0.6) is 0 Å². The number of aliphatic carboxylic acids is 1. The maximum absolute atomic E-state index is 12.5. The number of amides is 1. The van der Waals surface area contributed by atoms with Crippen molar-refractivity contribution in [3.05, 3.63) is 60.1 Å². The number of carboxylic acid groups (broad SMARTS) is 1. The van der Waals surface area contributed by atoms with Gasteiger partial charge >= 0.3 is 5.97 Å². The summed E-state index contributed by atoms with van der Waals surface area (Å²) in [5, 5.41) is 16.0. The van der Waals surface area contributed by atoms with Crippen LogP contribution in [0.25, 0.3) is 5.82 Å². The molecule has 128 valence electrons. The second-order valence-electron chi connectivity index (χ2n) is 5.39. The molecule has 3 heterocycles. The molecule has 0 aromatic carbocycles. The molecule has 9 heteroatoms. The summed E-state index contributed by atoms with van der Waals surface area (Å²) in [5.74, 6) is -1.06. The van der Waals surface area contributed by atoms with Crippen LogP contribution in [-0.4, -0.2) is 47.8 Å². The van der Waals surface area contributed by atoms with E-state index in [1.165, 1.54) is 23.4 Å². The Morgan fingerprint density at radius 3 is 2.84 bits per heavy atom. The van der Waals surface area contributed by atoms with Gasteiger partial charge in [-0.1, -0.05) is 6.07 Å². The van der Waals surface area contributed by atoms with Gasteiger partial charge in [-0.05, 0) is 19.1 Å². The number of H-pyrrole nitrogens is 1. The van der Waals surface area contributed by atoms with E-state index in [1.54, 1.807) is 25.3 Å². The Labute approximate surface area is 142 Å². The third-order valence-electron chi connectivity index (χ3n) is 3.70. The van der Waals surface area contributed by atoms with Gasteiger partial charge in [0.2, 0.25) is 0 Å². The van der Waals surface area contributed by atoms with E-state index in [4.69, 9.17) is 0 Å². The minimum Gasteiger partial charge on any atom is -0.480 e. The van der Waals surface area contributed by atoms with Gasteiger partial charge in [-0.15, -0.1) is 0 Å². The summed E-state index contributed by atoms with van der Waals surface area (Å²) in [7, 11) is 0. The number of hydrogen-bond acceptors (Lipinski definition) is 5. The summed E-state index contributed by atoms with van der Waals surface area (Å²) >= 11 is 0. The lowest BCUT2D eigenvalue weighted by molar-refractivity contribution is -0.139. The first-order valence-corrected chi connectivity index (χ1v) is 7.53. The highest BCUT2D eigenvalue weighted by Gasteiger charge is 2.24. The van der Waals surface area contributed by atoms with E-state index < -0.39 is 17.9 Å². The molecular weight excluding hydrogens is 324 g/mol. The molecule has 0 radical (unpaired) electrons. The molecule has 0 saturated heterocycles. The van der Waals surface area contributed by atoms with Gasteiger partial charge in [0.1, 0.15) is 6.04 Å². The Bertz CT molecular complexity index is 873. The minimum absolute atomic E-state index is 0.106. The fourth-order valence-electron chi connectivity index (χ4n) is 2.39. The molecule has 3 rings (SSSR count). The number of carbonyl (C=O) groups is 2. The predicted molar refractivity (Wildman–Crippen MR) is 87.3 cm³/mol. The molecule has 1 unspecified atom stereocenters. The molecule has 0 aliphatic carbocycles. The Kier molecular flexibility index (Phi) is 4.55. The van der Waals surface area contributed by atoms with Crippen LogP contribution >= 0.6 is 0 Å². The first-order chi connectivity index (χ1) is 12.1. The average molecular weight is 340 g/mol. The van der Waals surface area contributed by atoms with E-state index in [1.807, 2.05) is 6.07 Å². The highest BCUT2D eigenvalue weighted by atomic mass is 16.4. The molecular formula is C16H16N6O3. The summed E-state index contributed by atoms with van der Waals surface area (Å²) in [6, 6.07) is 4.28. The molecule has 1 amide bonds. The van der Waals surface area contributed by atoms with Gasteiger partial charge in [0.15, 0.2) is 5.82 Å². The number of aromatic amines is 1. The van der Waals surface area contributed by atoms with Crippen molar-refractivity contribution >= 4 is 11.9 Å². The lowest BCUT2D eigenvalue weighted by atomic mass is 10.1. The van der Waals surface area contributed by atoms with Crippen molar-refractivity contribution in [2.75, 3.05) is 0 Å². The number of pyridine rings is 1. The fourth-order valence-corrected chi connectivity index (χ4v) is 2.39. The van der Waals surface area contributed by atoms with Crippen molar-refractivity contribution in [1.29, 1.82) is 0 Å². The topological polar surface area (TPSA) is 126 Å². The van der Waals surface area contributed by atoms with E-state index in [0.29, 0.717) is 22.8 Å². The van der Waals surface area contributed by atoms with Gasteiger partial charge in [0.25, 0.3) is 5.91 Å². The van der Waals surface area contributed by atoms with Crippen LogP contribution in [0.1, 0.15) is 21.7 Å². The fraction of sp³-hybridized carbons (Fsp3) is 0.188. The maximum atomic E-state index is 12.5. The Balaban J connectivity index is 1.78. The third kappa shape index (κ3) is 3.55. The largest absolute Gasteiger partial charge is 0.480 e. The third-order valence-corrected chi connectivity index (χ3v) is 3.70. The van der Waals surface area contributed by atoms with Crippen LogP contribution in [0.3, 0.4) is 0 Å². The highest BCUT2D eigenvalue weighted by molar-refractivity contribution is 5.97. The minimum atomic E-state index is -1.13. The zero-order valence-corrected chi connectivity index (χ0v) is 13.4. The van der Waals surface area contributed by atoms with Crippen molar-refractivity contribution in [3.8, 4) is 5.82 Å². The first kappa shape index (κ1) is 16.4. The van der Waals surface area contributed by atoms with E-state index in [2.05, 4.69) is 25.4 Å². The smallest absolute Gasteiger partial charge is 0.326 e. The number of carboxylic acids is 1. The number of nitrogens with one attached hydrogen (secondary N) is 2. The van der Waals surface area contributed by atoms with Gasteiger partial charge in [-0.25, -0.2) is 19.4 Å². The van der Waals surface area contributed by atoms with Crippen molar-refractivity contribution in [1.82, 2.24) is 30.0 Å². The molecule has 3 N–H and O–H groups in total. The monoisotopic (exact) mass is 340 g/mol. The van der Waals surface area contributed by atoms with Gasteiger partial charge < -0.3 is 15.4 Å². The maximum Gasteiger partial charge on any atom is 0.326 e. The molecule has 1 atom stereocenters. The number of rotatable bonds is 6. The molecule has 25 heavy (non-hydrogen) atoms. The molecule has 0 fully saturated rings. The van der Waals surface area contributed by atoms with Gasteiger partial charge in [-0.2, -0.15) is 5.10 Å². The molecule has 0 spiro atoms. The summed E-state index contributed by atoms with van der Waals surface area (Å²) < 4.78 is 1.53. The lowest BCUT2D eigenvalue weighted by Gasteiger charge is -2.13. The van der Waals surface area contributed by atoms with Gasteiger partial charge in [-0.3, -0.25) is 4.79 Å². The summed E-state index contributed by atoms with van der Waals surface area (Å²) in [6.45, 7) is 1.72. The number of nitrogens with zero attached hydrogens (tertiary/aromatic N) is 4. The molecule has 9 nitrogen and oxygen atoms in total. The standard InChI is InChI=1S/C16H16N6O3/c1-10-12(8-20-22(10)14-4-2-3-5-18-14)15(23)21-13(16(24)25)6-11-7-17-9-19-11/h2-5,7-9,13H,6H2,1H3,(H,17,19)(H,21,23)(H,24,25). The molecule has 0 saturated carbocycles. The lowest BCUT2D eigenvalue weighted by Crippen LogP contribution is -2.42. The number of hydrogen-bond donors (Lipinski definition) is 3. The second kappa shape index (κ2) is 6.95. The van der Waals surface area contributed by atoms with E-state index in [-0.39, 0.29) is 6.42 Å². The van der Waals surface area contributed by atoms with E-state index in [0.717, 1.165) is 0 Å². The van der Waals surface area contributed by atoms with E-state index >= 15 is 0 Å². The number of carbonyl (C=O) groups excluding carboxylic acids is 1. The normalized spacial score (nSPS) is 11.9. The number of aromatic nitrogens is 5. The van der Waals surface area contributed by atoms with Crippen LogP contribution in [0.4, 0.5) is 0 Å². The van der Waals surface area contributed by atoms with Crippen molar-refractivity contribution < 1.29 is 14.7 Å². The Hall–Kier alpha value is -3.49. The molecule has 0 bridgehead atoms. The summed E-state index contributed by atoms with van der Waals surface area (Å²) in [6.07, 6.45) is 6.10. The quantitative estimate of drug-likeness (QED) is 0.607. The number of imidazole rings is 1. The van der Waals surface area contributed by atoms with Gasteiger partial charge in [0.05, 0.1) is 23.8 Å². The molecule has 0 aliphatic heterocycles. The van der Waals surface area contributed by atoms with Crippen LogP contribution in [-0.2, 0) is 11.2 Å². The van der Waals surface area contributed by atoms with E-state index in [9.17, 15) is 14.7 Å². The van der Waals surface area contributed by atoms with Crippen LogP contribution < -0.4 is 5.32 Å². The highest BCUT2D eigenvalue weighted by Crippen LogP contribution is 2.12. The summed E-state index contributed by atoms with van der Waals surface area (Å²) in [5.41, 5.74) is 1.48. The SMILES string of the molecule is Cc1c(C(=O)NC(Cc2cnc[nH]2)C(=O)O)cnn1-c1ccccn1. The average Bonchev–Trinajstić information content (AvgIpc) is 3.24. The van der Waals surface area contributed by atoms with Crippen LogP contribution in [0, 0.1) is 6.92 Å². The van der Waals surface area contributed by atoms with Crippen LogP contribution in [0.2, 0.25) is 0 Å². The summed E-state index contributed by atoms with van der Waals surface area (Å²) in [4.78, 5) is 34.8. The zero-order valence-electron chi connectivity index (χ0n) is 13.4. The Morgan fingerprint density at radius 1 is 1.36 bits per heavy atom. The molecule has 3 aromatic rings. The predicted octanol–water partition coefficient (Wildman–Crippen LogP) is 0.725. The van der Waals surface area contributed by atoms with Crippen molar-refractivity contribution in [2.45, 2.75) is 19.4 Å².